The van der Waals surface area contributed by atoms with Gasteiger partial charge in [0.25, 0.3) is 0 Å². The predicted molar refractivity (Wildman–Crippen MR) is 96.9 cm³/mol. The van der Waals surface area contributed by atoms with E-state index in [4.69, 9.17) is 0 Å². The number of aromatic hydroxyl groups is 2. The van der Waals surface area contributed by atoms with E-state index in [2.05, 4.69) is 9.98 Å². The number of hydrogen-bond acceptors (Lipinski definition) is 4. The molecular weight excluding hydrogens is 288 g/mol. The van der Waals surface area contributed by atoms with E-state index in [1.807, 2.05) is 39.8 Å². The number of hydrogen-bond donors (Lipinski definition) is 2. The van der Waals surface area contributed by atoms with Gasteiger partial charge in [-0.05, 0) is 24.3 Å². The molecule has 4 heteroatoms. The van der Waals surface area contributed by atoms with Crippen LogP contribution >= 0.6 is 0 Å². The van der Waals surface area contributed by atoms with Crippen LogP contribution in [0.3, 0.4) is 0 Å². The maximum absolute atomic E-state index is 9.80. The topological polar surface area (TPSA) is 65.2 Å². The Morgan fingerprint density at radius 1 is 0.739 bits per heavy atom. The molecule has 0 radical (unpaired) electrons. The first-order chi connectivity index (χ1) is 11.3. The molecule has 0 amide bonds. The third kappa shape index (κ3) is 4.42. The second-order valence-corrected chi connectivity index (χ2v) is 4.23. The van der Waals surface area contributed by atoms with Crippen LogP contribution in [0.15, 0.2) is 58.5 Å². The van der Waals surface area contributed by atoms with E-state index in [0.717, 1.165) is 0 Å². The highest BCUT2D eigenvalue weighted by atomic mass is 16.3. The van der Waals surface area contributed by atoms with Gasteiger partial charge >= 0.3 is 0 Å². The molecular formula is C19H24N2O2. The fourth-order valence-corrected chi connectivity index (χ4v) is 2.02. The quantitative estimate of drug-likeness (QED) is 0.863. The maximum Gasteiger partial charge on any atom is 0.159 e. The molecule has 1 aliphatic heterocycles. The number of rotatable bonds is 2. The van der Waals surface area contributed by atoms with Crippen molar-refractivity contribution < 1.29 is 10.2 Å². The Bertz CT molecular complexity index is 691. The fraction of sp³-hybridized carbons (Fsp3) is 0.263. The molecule has 2 N–H and O–H groups in total. The lowest BCUT2D eigenvalue weighted by Crippen LogP contribution is -2.02. The van der Waals surface area contributed by atoms with Crippen molar-refractivity contribution >= 4 is 11.5 Å². The van der Waals surface area contributed by atoms with E-state index < -0.39 is 0 Å². The molecule has 0 atom stereocenters. The summed E-state index contributed by atoms with van der Waals surface area (Å²) in [5.74, 6) is 0.842. The molecule has 0 aliphatic carbocycles. The van der Waals surface area contributed by atoms with Crippen molar-refractivity contribution in [1.82, 2.24) is 0 Å². The second kappa shape index (κ2) is 9.41. The van der Waals surface area contributed by atoms with Gasteiger partial charge in [0, 0.05) is 5.56 Å². The summed E-state index contributed by atoms with van der Waals surface area (Å²) in [7, 11) is 0. The molecule has 0 aromatic heterocycles. The maximum atomic E-state index is 9.80. The van der Waals surface area contributed by atoms with Crippen LogP contribution in [-0.2, 0) is 0 Å². The van der Waals surface area contributed by atoms with Gasteiger partial charge in [0.1, 0.15) is 11.5 Å². The van der Waals surface area contributed by atoms with Gasteiger partial charge in [-0.2, -0.15) is 0 Å². The molecule has 4 nitrogen and oxygen atoms in total. The standard InChI is InChI=1S/C15H12N2O2.2C2H6/c18-13-7-3-1-5-10(13)12-9-16-15(17-12)11-6-2-4-8-14(11)19;2*1-2/h1-8,18-19H,9H2;2*1-2H3. The summed E-state index contributed by atoms with van der Waals surface area (Å²) in [5, 5.41) is 19.6. The molecule has 0 spiro atoms. The minimum absolute atomic E-state index is 0.156. The van der Waals surface area contributed by atoms with Crippen LogP contribution in [0.5, 0.6) is 11.5 Å². The normalized spacial score (nSPS) is 12.2. The Morgan fingerprint density at radius 3 is 1.74 bits per heavy atom. The molecule has 0 saturated heterocycles. The lowest BCUT2D eigenvalue weighted by atomic mass is 10.1. The average molecular weight is 312 g/mol. The summed E-state index contributed by atoms with van der Waals surface area (Å²) in [6.45, 7) is 8.40. The Kier molecular flexibility index (Phi) is 7.54. The summed E-state index contributed by atoms with van der Waals surface area (Å²) in [6, 6.07) is 14.0. The van der Waals surface area contributed by atoms with Crippen molar-refractivity contribution in [1.29, 1.82) is 0 Å². The predicted octanol–water partition coefficient (Wildman–Crippen LogP) is 4.40. The van der Waals surface area contributed by atoms with E-state index in [9.17, 15) is 10.2 Å². The summed E-state index contributed by atoms with van der Waals surface area (Å²) in [4.78, 5) is 8.70. The van der Waals surface area contributed by atoms with Crippen molar-refractivity contribution in [2.75, 3.05) is 6.54 Å². The third-order valence-electron chi connectivity index (χ3n) is 2.98. The van der Waals surface area contributed by atoms with Crippen molar-refractivity contribution in [2.45, 2.75) is 27.7 Å². The second-order valence-electron chi connectivity index (χ2n) is 4.23. The molecule has 0 unspecified atom stereocenters. The van der Waals surface area contributed by atoms with E-state index in [1.54, 1.807) is 36.4 Å². The SMILES string of the molecule is CC.CC.Oc1ccccc1C1=NC(c2ccccc2O)=NC1. The highest BCUT2D eigenvalue weighted by molar-refractivity contribution is 6.18. The van der Waals surface area contributed by atoms with Crippen LogP contribution in [0.2, 0.25) is 0 Å². The largest absolute Gasteiger partial charge is 0.507 e. The van der Waals surface area contributed by atoms with Gasteiger partial charge in [-0.1, -0.05) is 52.0 Å². The van der Waals surface area contributed by atoms with Gasteiger partial charge in [0.15, 0.2) is 5.84 Å². The van der Waals surface area contributed by atoms with E-state index in [1.165, 1.54) is 0 Å². The average Bonchev–Trinajstić information content (AvgIpc) is 3.09. The van der Waals surface area contributed by atoms with Crippen LogP contribution < -0.4 is 0 Å². The highest BCUT2D eigenvalue weighted by Crippen LogP contribution is 2.23. The van der Waals surface area contributed by atoms with Gasteiger partial charge in [0.2, 0.25) is 0 Å². The first kappa shape index (κ1) is 18.4. The van der Waals surface area contributed by atoms with Crippen LogP contribution in [0.25, 0.3) is 0 Å². The number of aliphatic imine (C=N–C) groups is 2. The fourth-order valence-electron chi connectivity index (χ4n) is 2.02. The first-order valence-electron chi connectivity index (χ1n) is 7.94. The number of para-hydroxylation sites is 2. The van der Waals surface area contributed by atoms with Crippen LogP contribution in [0.4, 0.5) is 0 Å². The molecule has 23 heavy (non-hydrogen) atoms. The summed E-state index contributed by atoms with van der Waals surface area (Å²) >= 11 is 0. The molecule has 1 aliphatic rings. The number of amidine groups is 1. The van der Waals surface area contributed by atoms with Gasteiger partial charge in [0.05, 0.1) is 17.8 Å². The molecule has 122 valence electrons. The molecule has 0 fully saturated rings. The van der Waals surface area contributed by atoms with E-state index in [0.29, 0.717) is 29.2 Å². The molecule has 0 bridgehead atoms. The van der Waals surface area contributed by atoms with Crippen molar-refractivity contribution in [3.8, 4) is 11.5 Å². The lowest BCUT2D eigenvalue weighted by molar-refractivity contribution is 0.473. The van der Waals surface area contributed by atoms with Gasteiger partial charge in [-0.3, -0.25) is 4.99 Å². The highest BCUT2D eigenvalue weighted by Gasteiger charge is 2.17. The smallest absolute Gasteiger partial charge is 0.159 e. The minimum Gasteiger partial charge on any atom is -0.507 e. The lowest BCUT2D eigenvalue weighted by Gasteiger charge is -2.02. The number of nitrogens with zero attached hydrogens (tertiary/aromatic N) is 2. The van der Waals surface area contributed by atoms with Crippen LogP contribution in [-0.4, -0.2) is 28.3 Å². The van der Waals surface area contributed by atoms with Crippen molar-refractivity contribution in [3.63, 3.8) is 0 Å². The molecule has 3 rings (SSSR count). The van der Waals surface area contributed by atoms with Crippen LogP contribution in [0, 0.1) is 0 Å². The molecule has 2 aromatic rings. The van der Waals surface area contributed by atoms with E-state index in [-0.39, 0.29) is 11.5 Å². The van der Waals surface area contributed by atoms with Crippen molar-refractivity contribution in [2.24, 2.45) is 9.98 Å². The zero-order valence-corrected chi connectivity index (χ0v) is 14.1. The van der Waals surface area contributed by atoms with Crippen LogP contribution in [0.1, 0.15) is 38.8 Å². The van der Waals surface area contributed by atoms with Gasteiger partial charge < -0.3 is 10.2 Å². The van der Waals surface area contributed by atoms with Gasteiger partial charge in [-0.15, -0.1) is 0 Å². The molecule has 0 saturated carbocycles. The van der Waals surface area contributed by atoms with Gasteiger partial charge in [-0.25, -0.2) is 4.99 Å². The first-order valence-corrected chi connectivity index (χ1v) is 7.94. The Hall–Kier alpha value is -2.62. The third-order valence-corrected chi connectivity index (χ3v) is 2.98. The minimum atomic E-state index is 0.156. The van der Waals surface area contributed by atoms with Crippen molar-refractivity contribution in [3.05, 3.63) is 59.7 Å². The Labute approximate surface area is 137 Å². The Balaban J connectivity index is 0.000000615. The number of phenolic OH excluding ortho intramolecular Hbond substituents is 2. The number of phenols is 2. The van der Waals surface area contributed by atoms with E-state index >= 15 is 0 Å². The summed E-state index contributed by atoms with van der Waals surface area (Å²) < 4.78 is 0. The summed E-state index contributed by atoms with van der Waals surface area (Å²) in [6.07, 6.45) is 0. The molecule has 2 aromatic carbocycles. The summed E-state index contributed by atoms with van der Waals surface area (Å²) in [5.41, 5.74) is 1.99. The zero-order chi connectivity index (χ0) is 17.2. The Morgan fingerprint density at radius 2 is 1.22 bits per heavy atom. The molecule has 1 heterocycles. The zero-order valence-electron chi connectivity index (χ0n) is 14.1. The number of benzene rings is 2. The monoisotopic (exact) mass is 312 g/mol.